The lowest BCUT2D eigenvalue weighted by atomic mass is 10.0. The Morgan fingerprint density at radius 2 is 1.92 bits per heavy atom. The number of piperidine rings is 1. The van der Waals surface area contributed by atoms with E-state index < -0.39 is 6.04 Å². The summed E-state index contributed by atoms with van der Waals surface area (Å²) in [6, 6.07) is 1.06. The Morgan fingerprint density at radius 1 is 1.27 bits per heavy atom. The highest BCUT2D eigenvalue weighted by molar-refractivity contribution is 6.06. The van der Waals surface area contributed by atoms with Gasteiger partial charge in [0.25, 0.3) is 5.91 Å². The molecule has 1 N–H and O–H groups in total. The minimum Gasteiger partial charge on any atom is -0.466 e. The van der Waals surface area contributed by atoms with Crippen LogP contribution in [0, 0.1) is 13.8 Å². The summed E-state index contributed by atoms with van der Waals surface area (Å²) < 4.78 is 6.86. The number of nitrogens with one attached hydrogen (secondary N) is 1. The molecule has 0 aliphatic carbocycles. The average molecular weight is 361 g/mol. The van der Waals surface area contributed by atoms with E-state index in [1.165, 1.54) is 11.6 Å². The number of carbonyl (C=O) groups excluding carboxylic acids is 3. The minimum absolute atomic E-state index is 0.0594. The van der Waals surface area contributed by atoms with Crippen molar-refractivity contribution < 1.29 is 23.4 Å². The molecule has 1 fully saturated rings. The standard InChI is InChI=1S/C18H24N4O4/c1-11-9-14(12(2)26-11)16(23)19-13-5-7-22(8-6-13)15-10-20(3)18(25)21(4)17(15)24/h9-10,13,15H,5-8H2,1-4H3/p+1. The van der Waals surface area contributed by atoms with Gasteiger partial charge in [-0.1, -0.05) is 0 Å². The summed E-state index contributed by atoms with van der Waals surface area (Å²) in [6.07, 6.45) is 3.17. The number of hydrogen-bond donors (Lipinski definition) is 1. The largest absolute Gasteiger partial charge is 0.500 e. The van der Waals surface area contributed by atoms with E-state index in [9.17, 15) is 14.4 Å². The van der Waals surface area contributed by atoms with Gasteiger partial charge in [-0.3, -0.25) is 9.69 Å². The fraction of sp³-hybridized carbons (Fsp3) is 0.556. The third-order valence-corrected chi connectivity index (χ3v) is 5.08. The highest BCUT2D eigenvalue weighted by atomic mass is 16.3. The molecule has 2 aliphatic rings. The molecule has 26 heavy (non-hydrogen) atoms. The normalized spacial score (nSPS) is 22.5. The van der Waals surface area contributed by atoms with Crippen LogP contribution in [0.5, 0.6) is 0 Å². The third kappa shape index (κ3) is 3.41. The molecule has 1 unspecified atom stereocenters. The Labute approximate surface area is 152 Å². The summed E-state index contributed by atoms with van der Waals surface area (Å²) in [5.41, 5.74) is 0.572. The molecule has 0 bridgehead atoms. The Kier molecular flexibility index (Phi) is 4.95. The second kappa shape index (κ2) is 7.03. The molecule has 2 aliphatic heterocycles. The molecule has 4 amide bonds. The van der Waals surface area contributed by atoms with E-state index in [2.05, 4.69) is 10.2 Å². The van der Waals surface area contributed by atoms with Gasteiger partial charge in [-0.15, -0.1) is 0 Å². The smallest absolute Gasteiger partial charge is 0.466 e. The zero-order chi connectivity index (χ0) is 19.0. The first-order chi connectivity index (χ1) is 12.3. The number of furan rings is 1. The molecular formula is C18H25N4O4+. The van der Waals surface area contributed by atoms with Crippen LogP contribution in [0.15, 0.2) is 10.5 Å². The number of likely N-dealkylation sites (N-methyl/N-ethyl adjacent to an activating group) is 1. The van der Waals surface area contributed by atoms with Crippen LogP contribution in [0.25, 0.3) is 0 Å². The predicted molar refractivity (Wildman–Crippen MR) is 94.4 cm³/mol. The van der Waals surface area contributed by atoms with Crippen LogP contribution in [0.3, 0.4) is 0 Å². The summed E-state index contributed by atoms with van der Waals surface area (Å²) in [5, 5.41) is 3.05. The van der Waals surface area contributed by atoms with E-state index in [0.29, 0.717) is 24.4 Å². The number of likely N-dealkylation sites (tertiary alicyclic amines) is 1. The molecule has 140 valence electrons. The highest BCUT2D eigenvalue weighted by Gasteiger charge is 2.42. The van der Waals surface area contributed by atoms with E-state index in [1.54, 1.807) is 26.3 Å². The van der Waals surface area contributed by atoms with Crippen molar-refractivity contribution in [3.8, 4) is 0 Å². The van der Waals surface area contributed by atoms with Crippen LogP contribution in [0.1, 0.15) is 34.7 Å². The van der Waals surface area contributed by atoms with Gasteiger partial charge in [-0.05, 0) is 32.8 Å². The van der Waals surface area contributed by atoms with E-state index in [0.717, 1.165) is 23.5 Å². The fourth-order valence-electron chi connectivity index (χ4n) is 3.56. The highest BCUT2D eigenvalue weighted by Crippen LogP contribution is 2.18. The maximum atomic E-state index is 12.4. The Hall–Kier alpha value is -2.48. The van der Waals surface area contributed by atoms with Crippen LogP contribution in [0.2, 0.25) is 0 Å². The fourth-order valence-corrected chi connectivity index (χ4v) is 3.56. The lowest BCUT2D eigenvalue weighted by Gasteiger charge is -2.36. The van der Waals surface area contributed by atoms with E-state index in [1.807, 2.05) is 6.92 Å². The van der Waals surface area contributed by atoms with Crippen molar-refractivity contribution in [2.75, 3.05) is 27.2 Å². The lowest BCUT2D eigenvalue weighted by Crippen LogP contribution is -2.59. The quantitative estimate of drug-likeness (QED) is 0.804. The zero-order valence-corrected chi connectivity index (χ0v) is 15.6. The Balaban J connectivity index is 1.59. The zero-order valence-electron chi connectivity index (χ0n) is 15.6. The second-order valence-electron chi connectivity index (χ2n) is 7.00. The molecule has 1 saturated heterocycles. The van der Waals surface area contributed by atoms with Gasteiger partial charge in [0, 0.05) is 19.1 Å². The number of nitrogens with zero attached hydrogens (tertiary/aromatic N) is 3. The predicted octanol–water partition coefficient (Wildman–Crippen LogP) is 0.764. The Bertz CT molecular complexity index is 774. The summed E-state index contributed by atoms with van der Waals surface area (Å²) in [5.74, 6) is 1.01. The average Bonchev–Trinajstić information content (AvgIpc) is 2.95. The van der Waals surface area contributed by atoms with Crippen molar-refractivity contribution in [1.29, 1.82) is 0 Å². The van der Waals surface area contributed by atoms with Crippen molar-refractivity contribution in [2.24, 2.45) is 0 Å². The van der Waals surface area contributed by atoms with Crippen LogP contribution >= 0.6 is 0 Å². The molecule has 3 rings (SSSR count). The first kappa shape index (κ1) is 18.3. The molecule has 0 radical (unpaired) electrons. The number of aryl methyl sites for hydroxylation is 2. The lowest BCUT2D eigenvalue weighted by molar-refractivity contribution is -0.401. The summed E-state index contributed by atoms with van der Waals surface area (Å²) >= 11 is 0. The van der Waals surface area contributed by atoms with Gasteiger partial charge in [0.05, 0.1) is 19.7 Å². The topological polar surface area (TPSA) is 85.9 Å². The van der Waals surface area contributed by atoms with Crippen LogP contribution < -0.4 is 5.32 Å². The van der Waals surface area contributed by atoms with Crippen molar-refractivity contribution >= 4 is 24.1 Å². The number of urea groups is 1. The number of imide groups is 1. The maximum Gasteiger partial charge on any atom is 0.500 e. The Morgan fingerprint density at radius 3 is 2.50 bits per heavy atom. The number of hydrogen-bond acceptors (Lipinski definition) is 5. The van der Waals surface area contributed by atoms with E-state index >= 15 is 0 Å². The second-order valence-corrected chi connectivity index (χ2v) is 7.00. The summed E-state index contributed by atoms with van der Waals surface area (Å²) in [4.78, 5) is 39.8. The van der Waals surface area contributed by atoms with Gasteiger partial charge in [0.1, 0.15) is 17.7 Å². The molecule has 8 heteroatoms. The third-order valence-electron chi connectivity index (χ3n) is 5.08. The molecule has 0 aromatic carbocycles. The van der Waals surface area contributed by atoms with Gasteiger partial charge in [0.2, 0.25) is 0 Å². The first-order valence-corrected chi connectivity index (χ1v) is 8.79. The molecule has 3 heterocycles. The van der Waals surface area contributed by atoms with Gasteiger partial charge in [-0.25, -0.2) is 9.37 Å². The molecule has 0 saturated carbocycles. The monoisotopic (exact) mass is 361 g/mol. The maximum absolute atomic E-state index is 12.4. The van der Waals surface area contributed by atoms with Gasteiger partial charge in [-0.2, -0.15) is 9.69 Å². The molecule has 1 aromatic rings. The van der Waals surface area contributed by atoms with Crippen molar-refractivity contribution in [3.05, 3.63) is 23.2 Å². The summed E-state index contributed by atoms with van der Waals surface area (Å²) in [7, 11) is 3.16. The van der Waals surface area contributed by atoms with Crippen molar-refractivity contribution in [3.63, 3.8) is 0 Å². The van der Waals surface area contributed by atoms with Crippen LogP contribution in [-0.2, 0) is 4.79 Å². The number of amides is 4. The first-order valence-electron chi connectivity index (χ1n) is 8.79. The molecule has 0 spiro atoms. The van der Waals surface area contributed by atoms with Crippen molar-refractivity contribution in [1.82, 2.24) is 15.1 Å². The van der Waals surface area contributed by atoms with Gasteiger partial charge >= 0.3 is 11.9 Å². The summed E-state index contributed by atoms with van der Waals surface area (Å²) in [6.45, 7) is 4.95. The van der Waals surface area contributed by atoms with Crippen molar-refractivity contribution in [2.45, 2.75) is 38.8 Å². The van der Waals surface area contributed by atoms with Gasteiger partial charge in [0.15, 0.2) is 6.04 Å². The number of carbonyl (C=O) groups is 3. The molecular weight excluding hydrogens is 336 g/mol. The SMILES string of the molecule is Cc1cc(C(=O)NC2CCN(C3C=[N+](C)C(=O)N(C)C3=O)CC2)c(C)o1. The van der Waals surface area contributed by atoms with E-state index in [4.69, 9.17) is 4.42 Å². The van der Waals surface area contributed by atoms with Crippen LogP contribution in [0.4, 0.5) is 4.79 Å². The minimum atomic E-state index is -0.432. The molecule has 1 aromatic heterocycles. The van der Waals surface area contributed by atoms with Gasteiger partial charge < -0.3 is 9.73 Å². The van der Waals surface area contributed by atoms with Crippen LogP contribution in [-0.4, -0.2) is 77.7 Å². The van der Waals surface area contributed by atoms with E-state index in [-0.39, 0.29) is 23.9 Å². The molecule has 1 atom stereocenters. The molecule has 8 nitrogen and oxygen atoms in total. The number of rotatable bonds is 3.